The van der Waals surface area contributed by atoms with Crippen LogP contribution in [0.15, 0.2) is 18.2 Å². The molecule has 64 valence electrons. The van der Waals surface area contributed by atoms with E-state index in [4.69, 9.17) is 16.2 Å². The van der Waals surface area contributed by atoms with Crippen LogP contribution in [-0.4, -0.2) is 5.97 Å². The summed E-state index contributed by atoms with van der Waals surface area (Å²) in [7, 11) is 0. The number of anilines is 2. The minimum atomic E-state index is -0.376. The van der Waals surface area contributed by atoms with Gasteiger partial charge in [-0.05, 0) is 12.1 Å². The first kappa shape index (κ1) is 8.39. The van der Waals surface area contributed by atoms with Crippen molar-refractivity contribution in [3.63, 3.8) is 0 Å². The van der Waals surface area contributed by atoms with E-state index in [1.165, 1.54) is 13.0 Å². The van der Waals surface area contributed by atoms with Crippen LogP contribution in [0.2, 0.25) is 0 Å². The number of carbonyl (C=O) groups is 1. The van der Waals surface area contributed by atoms with Crippen LogP contribution >= 0.6 is 0 Å². The van der Waals surface area contributed by atoms with Crippen LogP contribution in [0, 0.1) is 0 Å². The molecule has 1 rings (SSSR count). The zero-order valence-electron chi connectivity index (χ0n) is 6.70. The Bertz CT molecular complexity index is 310. The van der Waals surface area contributed by atoms with Gasteiger partial charge in [-0.3, -0.25) is 4.79 Å². The number of nitrogens with two attached hydrogens (primary N) is 2. The van der Waals surface area contributed by atoms with Crippen LogP contribution in [0.3, 0.4) is 0 Å². The third kappa shape index (κ3) is 1.88. The lowest BCUT2D eigenvalue weighted by molar-refractivity contribution is -0.131. The highest BCUT2D eigenvalue weighted by Crippen LogP contribution is 2.21. The Morgan fingerprint density at radius 3 is 2.50 bits per heavy atom. The van der Waals surface area contributed by atoms with E-state index in [9.17, 15) is 4.79 Å². The van der Waals surface area contributed by atoms with E-state index in [1.807, 2.05) is 0 Å². The van der Waals surface area contributed by atoms with Gasteiger partial charge in [0.2, 0.25) is 0 Å². The second-order valence-corrected chi connectivity index (χ2v) is 2.38. The minimum absolute atomic E-state index is 0.376. The van der Waals surface area contributed by atoms with Crippen LogP contribution in [0.4, 0.5) is 11.4 Å². The largest absolute Gasteiger partial charge is 0.427 e. The van der Waals surface area contributed by atoms with Crippen molar-refractivity contribution in [3.8, 4) is 5.75 Å². The normalized spacial score (nSPS) is 9.42. The smallest absolute Gasteiger partial charge is 0.308 e. The van der Waals surface area contributed by atoms with Gasteiger partial charge in [0.05, 0.1) is 11.4 Å². The van der Waals surface area contributed by atoms with Crippen LogP contribution in [-0.2, 0) is 4.79 Å². The average molecular weight is 166 g/mol. The molecule has 4 N–H and O–H groups in total. The fourth-order valence-corrected chi connectivity index (χ4v) is 0.782. The first-order valence-corrected chi connectivity index (χ1v) is 3.43. The van der Waals surface area contributed by atoms with Crippen molar-refractivity contribution >= 4 is 17.3 Å². The summed E-state index contributed by atoms with van der Waals surface area (Å²) in [5.41, 5.74) is 11.8. The Morgan fingerprint density at radius 1 is 1.33 bits per heavy atom. The second kappa shape index (κ2) is 3.13. The minimum Gasteiger partial charge on any atom is -0.427 e. The summed E-state index contributed by atoms with van der Waals surface area (Å²) in [6.45, 7) is 1.33. The predicted octanol–water partition coefficient (Wildman–Crippen LogP) is 0.776. The summed E-state index contributed by atoms with van der Waals surface area (Å²) in [4.78, 5) is 10.5. The number of benzene rings is 1. The quantitative estimate of drug-likeness (QED) is 0.367. The highest BCUT2D eigenvalue weighted by atomic mass is 16.5. The highest BCUT2D eigenvalue weighted by Gasteiger charge is 1.99. The monoisotopic (exact) mass is 166 g/mol. The maximum Gasteiger partial charge on any atom is 0.308 e. The molecule has 1 aromatic carbocycles. The summed E-state index contributed by atoms with van der Waals surface area (Å²) in [6, 6.07) is 4.69. The van der Waals surface area contributed by atoms with Crippen LogP contribution in [0.5, 0.6) is 5.75 Å². The summed E-state index contributed by atoms with van der Waals surface area (Å²) < 4.78 is 4.78. The molecule has 0 saturated carbocycles. The number of hydrogen-bond acceptors (Lipinski definition) is 4. The molecule has 0 heterocycles. The fraction of sp³-hybridized carbons (Fsp3) is 0.125. The molecule has 0 aliphatic rings. The number of rotatable bonds is 1. The van der Waals surface area contributed by atoms with Gasteiger partial charge in [0.15, 0.2) is 0 Å². The Balaban J connectivity index is 2.89. The summed E-state index contributed by atoms with van der Waals surface area (Å²) in [5.74, 6) is 0.0355. The van der Waals surface area contributed by atoms with Gasteiger partial charge in [-0.2, -0.15) is 0 Å². The Morgan fingerprint density at radius 2 is 2.00 bits per heavy atom. The molecule has 0 radical (unpaired) electrons. The number of carbonyl (C=O) groups excluding carboxylic acids is 1. The highest BCUT2D eigenvalue weighted by molar-refractivity contribution is 5.72. The van der Waals surface area contributed by atoms with Gasteiger partial charge in [0, 0.05) is 13.0 Å². The zero-order chi connectivity index (χ0) is 9.14. The molecule has 4 heteroatoms. The Kier molecular flexibility index (Phi) is 2.19. The fourth-order valence-electron chi connectivity index (χ4n) is 0.782. The van der Waals surface area contributed by atoms with E-state index in [0.717, 1.165) is 0 Å². The molecule has 0 atom stereocenters. The molecular formula is C8H10N2O2. The van der Waals surface area contributed by atoms with Gasteiger partial charge in [0.1, 0.15) is 5.75 Å². The van der Waals surface area contributed by atoms with Gasteiger partial charge in [-0.1, -0.05) is 0 Å². The number of esters is 1. The van der Waals surface area contributed by atoms with E-state index in [0.29, 0.717) is 17.1 Å². The van der Waals surface area contributed by atoms with Gasteiger partial charge in [0.25, 0.3) is 0 Å². The van der Waals surface area contributed by atoms with Crippen molar-refractivity contribution < 1.29 is 9.53 Å². The molecule has 0 bridgehead atoms. The number of hydrogen-bond donors (Lipinski definition) is 2. The lowest BCUT2D eigenvalue weighted by atomic mass is 10.2. The van der Waals surface area contributed by atoms with E-state index in [-0.39, 0.29) is 5.97 Å². The second-order valence-electron chi connectivity index (χ2n) is 2.38. The summed E-state index contributed by atoms with van der Waals surface area (Å²) in [5, 5.41) is 0. The average Bonchev–Trinajstić information content (AvgIpc) is 1.96. The first-order valence-electron chi connectivity index (χ1n) is 3.43. The molecule has 4 nitrogen and oxygen atoms in total. The maximum atomic E-state index is 10.5. The Hall–Kier alpha value is -1.71. The van der Waals surface area contributed by atoms with Crippen molar-refractivity contribution in [1.29, 1.82) is 0 Å². The van der Waals surface area contributed by atoms with Crippen molar-refractivity contribution in [3.05, 3.63) is 18.2 Å². The van der Waals surface area contributed by atoms with Crippen LogP contribution in [0.1, 0.15) is 6.92 Å². The van der Waals surface area contributed by atoms with Crippen LogP contribution in [0.25, 0.3) is 0 Å². The van der Waals surface area contributed by atoms with E-state index in [2.05, 4.69) is 0 Å². The lowest BCUT2D eigenvalue weighted by Crippen LogP contribution is -2.02. The molecular weight excluding hydrogens is 156 g/mol. The number of ether oxygens (including phenoxy) is 1. The number of nitrogen functional groups attached to an aromatic ring is 2. The standard InChI is InChI=1S/C8H10N2O2/c1-5(11)12-6-2-3-7(9)8(10)4-6/h2-4H,9-10H2,1H3. The molecule has 0 fully saturated rings. The third-order valence-electron chi connectivity index (χ3n) is 1.32. The molecule has 0 aliphatic carbocycles. The van der Waals surface area contributed by atoms with Crippen molar-refractivity contribution in [2.24, 2.45) is 0 Å². The molecule has 0 spiro atoms. The van der Waals surface area contributed by atoms with Crippen molar-refractivity contribution in [2.45, 2.75) is 6.92 Å². The predicted molar refractivity (Wildman–Crippen MR) is 46.6 cm³/mol. The van der Waals surface area contributed by atoms with E-state index >= 15 is 0 Å². The zero-order valence-corrected chi connectivity index (χ0v) is 6.70. The third-order valence-corrected chi connectivity index (χ3v) is 1.32. The molecule has 12 heavy (non-hydrogen) atoms. The van der Waals surface area contributed by atoms with Gasteiger partial charge in [-0.15, -0.1) is 0 Å². The molecule has 1 aromatic rings. The van der Waals surface area contributed by atoms with Crippen molar-refractivity contribution in [2.75, 3.05) is 11.5 Å². The topological polar surface area (TPSA) is 78.3 Å². The summed E-state index contributed by atoms with van der Waals surface area (Å²) >= 11 is 0. The molecule has 0 saturated heterocycles. The van der Waals surface area contributed by atoms with Crippen molar-refractivity contribution in [1.82, 2.24) is 0 Å². The van der Waals surface area contributed by atoms with Crippen LogP contribution < -0.4 is 16.2 Å². The van der Waals surface area contributed by atoms with E-state index < -0.39 is 0 Å². The van der Waals surface area contributed by atoms with Gasteiger partial charge >= 0.3 is 5.97 Å². The van der Waals surface area contributed by atoms with E-state index in [1.54, 1.807) is 12.1 Å². The SMILES string of the molecule is CC(=O)Oc1ccc(N)c(N)c1. The molecule has 0 aromatic heterocycles. The van der Waals surface area contributed by atoms with Gasteiger partial charge in [-0.25, -0.2) is 0 Å². The van der Waals surface area contributed by atoms with Gasteiger partial charge < -0.3 is 16.2 Å². The maximum absolute atomic E-state index is 10.5. The lowest BCUT2D eigenvalue weighted by Gasteiger charge is -2.03. The molecule has 0 amide bonds. The molecule has 0 unspecified atom stereocenters. The molecule has 0 aliphatic heterocycles. The summed E-state index contributed by atoms with van der Waals surface area (Å²) in [6.07, 6.45) is 0. The Labute approximate surface area is 70.1 Å². The first-order chi connectivity index (χ1) is 5.59.